The summed E-state index contributed by atoms with van der Waals surface area (Å²) in [6.45, 7) is 6.04. The van der Waals surface area contributed by atoms with Crippen LogP contribution in [0.4, 0.5) is 14.4 Å². The Bertz CT molecular complexity index is 507. The van der Waals surface area contributed by atoms with Crippen LogP contribution >= 0.6 is 0 Å². The minimum Gasteiger partial charge on any atom is -0.394 e. The average molecular weight is 374 g/mol. The van der Waals surface area contributed by atoms with Crippen molar-refractivity contribution < 1.29 is 24.6 Å². The summed E-state index contributed by atoms with van der Waals surface area (Å²) < 4.78 is 0. The van der Waals surface area contributed by atoms with E-state index in [4.69, 9.17) is 0 Å². The zero-order chi connectivity index (χ0) is 20.3. The van der Waals surface area contributed by atoms with Crippen molar-refractivity contribution in [2.45, 2.75) is 51.1 Å². The van der Waals surface area contributed by atoms with Gasteiger partial charge in [-0.2, -0.15) is 0 Å². The molecule has 0 aromatic carbocycles. The summed E-state index contributed by atoms with van der Waals surface area (Å²) in [6.07, 6.45) is -1.66. The van der Waals surface area contributed by atoms with Crippen LogP contribution in [0.15, 0.2) is 0 Å². The Morgan fingerprint density at radius 1 is 0.885 bits per heavy atom. The van der Waals surface area contributed by atoms with E-state index in [1.807, 2.05) is 0 Å². The molecular formula is C15H30N6O5. The lowest BCUT2D eigenvalue weighted by atomic mass is 10.1. The molecule has 1 aliphatic heterocycles. The molecule has 0 saturated carbocycles. The number of urea groups is 3. The highest BCUT2D eigenvalue weighted by Crippen LogP contribution is 2.16. The number of nitrogens with zero attached hydrogens (tertiary/aromatic N) is 2. The number of carbonyl (C=O) groups excluding carboxylic acids is 3. The van der Waals surface area contributed by atoms with Gasteiger partial charge in [-0.25, -0.2) is 14.4 Å². The highest BCUT2D eigenvalue weighted by molar-refractivity contribution is 5.82. The standard InChI is InChI=1S/C15H30N6O5/c1-14(2,7-22)18-11(24)16-9-10(21(6)13(26)20(9)5)17-12(25)19-15(3,4)8-23/h9-10,22-23H,7-8H2,1-6H3,(H2,16,18,24)(H2,17,19,25)/t9-,10+. The van der Waals surface area contributed by atoms with Gasteiger partial charge in [0.25, 0.3) is 0 Å². The Morgan fingerprint density at radius 2 is 1.19 bits per heavy atom. The first-order valence-electron chi connectivity index (χ1n) is 8.22. The largest absolute Gasteiger partial charge is 0.394 e. The summed E-state index contributed by atoms with van der Waals surface area (Å²) in [5, 5.41) is 28.9. The number of aliphatic hydroxyl groups is 2. The second kappa shape index (κ2) is 7.96. The van der Waals surface area contributed by atoms with Gasteiger partial charge in [0.15, 0.2) is 0 Å². The van der Waals surface area contributed by atoms with Gasteiger partial charge in [-0.3, -0.25) is 0 Å². The van der Waals surface area contributed by atoms with Gasteiger partial charge in [0, 0.05) is 14.1 Å². The predicted octanol–water partition coefficient (Wildman–Crippen LogP) is -1.22. The molecule has 0 bridgehead atoms. The van der Waals surface area contributed by atoms with Gasteiger partial charge < -0.3 is 41.3 Å². The van der Waals surface area contributed by atoms with Crippen molar-refractivity contribution in [3.8, 4) is 0 Å². The molecule has 0 spiro atoms. The molecule has 1 rings (SSSR count). The van der Waals surface area contributed by atoms with Gasteiger partial charge in [-0.15, -0.1) is 0 Å². The van der Waals surface area contributed by atoms with Gasteiger partial charge in [0.1, 0.15) is 12.3 Å². The Hall–Kier alpha value is -2.27. The van der Waals surface area contributed by atoms with Crippen molar-refractivity contribution in [3.63, 3.8) is 0 Å². The van der Waals surface area contributed by atoms with Crippen LogP contribution in [0, 0.1) is 0 Å². The van der Waals surface area contributed by atoms with E-state index in [2.05, 4.69) is 21.3 Å². The fraction of sp³-hybridized carbons (Fsp3) is 0.800. The third kappa shape index (κ3) is 5.36. The van der Waals surface area contributed by atoms with Crippen molar-refractivity contribution in [3.05, 3.63) is 0 Å². The SMILES string of the molecule is CN1C(=O)N(C)[C@@H](NC(=O)NC(C)(C)CO)[C@H]1NC(=O)NC(C)(C)CO. The van der Waals surface area contributed by atoms with Gasteiger partial charge in [-0.1, -0.05) is 0 Å². The summed E-state index contributed by atoms with van der Waals surface area (Å²) in [5.74, 6) is 0. The van der Waals surface area contributed by atoms with Gasteiger partial charge >= 0.3 is 18.1 Å². The molecule has 6 N–H and O–H groups in total. The maximum absolute atomic E-state index is 12.2. The fourth-order valence-electron chi connectivity index (χ4n) is 2.30. The van der Waals surface area contributed by atoms with Crippen LogP contribution < -0.4 is 21.3 Å². The van der Waals surface area contributed by atoms with Crippen LogP contribution in [0.25, 0.3) is 0 Å². The van der Waals surface area contributed by atoms with E-state index in [1.165, 1.54) is 23.9 Å². The summed E-state index contributed by atoms with van der Waals surface area (Å²) >= 11 is 0. The smallest absolute Gasteiger partial charge is 0.323 e. The van der Waals surface area contributed by atoms with Crippen molar-refractivity contribution in [2.24, 2.45) is 0 Å². The first-order valence-corrected chi connectivity index (χ1v) is 8.22. The van der Waals surface area contributed by atoms with Crippen molar-refractivity contribution >= 4 is 18.1 Å². The number of carbonyl (C=O) groups is 3. The number of amides is 6. The van der Waals surface area contributed by atoms with Crippen LogP contribution in [0.5, 0.6) is 0 Å². The van der Waals surface area contributed by atoms with Gasteiger partial charge in [-0.05, 0) is 27.7 Å². The van der Waals surface area contributed by atoms with E-state index >= 15 is 0 Å². The first kappa shape index (κ1) is 21.8. The van der Waals surface area contributed by atoms with E-state index in [-0.39, 0.29) is 19.2 Å². The predicted molar refractivity (Wildman–Crippen MR) is 94.2 cm³/mol. The average Bonchev–Trinajstić information content (AvgIpc) is 2.72. The van der Waals surface area contributed by atoms with Crippen molar-refractivity contribution in [2.75, 3.05) is 27.3 Å². The molecule has 0 unspecified atom stereocenters. The quantitative estimate of drug-likeness (QED) is 0.345. The molecule has 0 radical (unpaired) electrons. The number of aliphatic hydroxyl groups excluding tert-OH is 2. The maximum atomic E-state index is 12.2. The number of hydrogen-bond donors (Lipinski definition) is 6. The normalized spacial score (nSPS) is 20.8. The molecule has 11 nitrogen and oxygen atoms in total. The topological polar surface area (TPSA) is 146 Å². The van der Waals surface area contributed by atoms with Crippen LogP contribution in [-0.2, 0) is 0 Å². The molecule has 1 heterocycles. The lowest BCUT2D eigenvalue weighted by molar-refractivity contribution is 0.161. The third-order valence-corrected chi connectivity index (χ3v) is 3.99. The Labute approximate surface area is 153 Å². The van der Waals surface area contributed by atoms with E-state index in [0.29, 0.717) is 0 Å². The summed E-state index contributed by atoms with van der Waals surface area (Å²) in [6, 6.07) is -1.57. The summed E-state index contributed by atoms with van der Waals surface area (Å²) in [7, 11) is 3.00. The van der Waals surface area contributed by atoms with Gasteiger partial charge in [0.05, 0.1) is 24.3 Å². The Kier molecular flexibility index (Phi) is 6.66. The fourth-order valence-corrected chi connectivity index (χ4v) is 2.30. The second-order valence-corrected chi connectivity index (χ2v) is 7.67. The van der Waals surface area contributed by atoms with Crippen LogP contribution in [0.1, 0.15) is 27.7 Å². The molecule has 0 aromatic heterocycles. The second-order valence-electron chi connectivity index (χ2n) is 7.67. The van der Waals surface area contributed by atoms with Gasteiger partial charge in [0.2, 0.25) is 0 Å². The molecule has 1 saturated heterocycles. The summed E-state index contributed by atoms with van der Waals surface area (Å²) in [5.41, 5.74) is -1.69. The van der Waals surface area contributed by atoms with Crippen LogP contribution in [-0.4, -0.2) is 88.8 Å². The molecule has 26 heavy (non-hydrogen) atoms. The highest BCUT2D eigenvalue weighted by Gasteiger charge is 2.44. The van der Waals surface area contributed by atoms with E-state index in [9.17, 15) is 24.6 Å². The molecular weight excluding hydrogens is 344 g/mol. The van der Waals surface area contributed by atoms with Crippen LogP contribution in [0.2, 0.25) is 0 Å². The van der Waals surface area contributed by atoms with E-state index in [1.54, 1.807) is 27.7 Å². The molecule has 1 aliphatic rings. The number of rotatable bonds is 6. The van der Waals surface area contributed by atoms with Crippen molar-refractivity contribution in [1.29, 1.82) is 0 Å². The Balaban J connectivity index is 2.85. The molecule has 2 atom stereocenters. The van der Waals surface area contributed by atoms with Crippen molar-refractivity contribution in [1.82, 2.24) is 31.1 Å². The number of nitrogens with one attached hydrogen (secondary N) is 4. The lowest BCUT2D eigenvalue weighted by Crippen LogP contribution is -2.62. The molecule has 11 heteroatoms. The molecule has 1 fully saturated rings. The molecule has 0 aliphatic carbocycles. The number of hydrogen-bond acceptors (Lipinski definition) is 5. The van der Waals surface area contributed by atoms with E-state index < -0.39 is 35.5 Å². The zero-order valence-electron chi connectivity index (χ0n) is 16.1. The summed E-state index contributed by atoms with van der Waals surface area (Å²) in [4.78, 5) is 39.1. The van der Waals surface area contributed by atoms with E-state index in [0.717, 1.165) is 0 Å². The Morgan fingerprint density at radius 3 is 1.46 bits per heavy atom. The molecule has 6 amide bonds. The molecule has 0 aromatic rings. The highest BCUT2D eigenvalue weighted by atomic mass is 16.3. The monoisotopic (exact) mass is 374 g/mol. The maximum Gasteiger partial charge on any atom is 0.323 e. The minimum absolute atomic E-state index is 0.264. The lowest BCUT2D eigenvalue weighted by Gasteiger charge is -2.31. The first-order chi connectivity index (χ1) is 11.8. The molecule has 150 valence electrons. The van der Waals surface area contributed by atoms with Crippen LogP contribution in [0.3, 0.4) is 0 Å². The number of likely N-dealkylation sites (N-methyl/N-ethyl adjacent to an activating group) is 2. The zero-order valence-corrected chi connectivity index (χ0v) is 16.1. The minimum atomic E-state index is -0.845. The third-order valence-electron chi connectivity index (χ3n) is 3.99.